The highest BCUT2D eigenvalue weighted by molar-refractivity contribution is 5.68. The van der Waals surface area contributed by atoms with Crippen LogP contribution in [0.2, 0.25) is 0 Å². The van der Waals surface area contributed by atoms with Crippen molar-refractivity contribution in [2.24, 2.45) is 0 Å². The van der Waals surface area contributed by atoms with Gasteiger partial charge in [-0.3, -0.25) is 0 Å². The molecule has 25 heavy (non-hydrogen) atoms. The number of carbonyl (C=O) groups excluding carboxylic acids is 1. The smallest absolute Gasteiger partial charge is 0.407 e. The van der Waals surface area contributed by atoms with Gasteiger partial charge in [0.05, 0.1) is 11.6 Å². The molecule has 0 spiro atoms. The van der Waals surface area contributed by atoms with E-state index in [0.717, 1.165) is 31.2 Å². The van der Waals surface area contributed by atoms with Crippen molar-refractivity contribution < 1.29 is 9.53 Å². The van der Waals surface area contributed by atoms with E-state index in [2.05, 4.69) is 23.6 Å². The molecule has 5 nitrogen and oxygen atoms in total. The number of hydrogen-bond donors (Lipinski definition) is 2. The summed E-state index contributed by atoms with van der Waals surface area (Å²) in [7, 11) is 0. The first-order valence-electron chi connectivity index (χ1n) is 9.02. The van der Waals surface area contributed by atoms with E-state index in [1.807, 2.05) is 45.0 Å². The predicted octanol–water partition coefficient (Wildman–Crippen LogP) is 4.04. The number of ether oxygens (including phenoxy) is 1. The van der Waals surface area contributed by atoms with Gasteiger partial charge in [0.25, 0.3) is 0 Å². The van der Waals surface area contributed by atoms with E-state index in [9.17, 15) is 4.79 Å². The molecule has 0 bridgehead atoms. The van der Waals surface area contributed by atoms with Gasteiger partial charge in [0.15, 0.2) is 0 Å². The highest BCUT2D eigenvalue weighted by atomic mass is 16.6. The van der Waals surface area contributed by atoms with Gasteiger partial charge in [-0.15, -0.1) is 0 Å². The fraction of sp³-hybridized carbons (Fsp3) is 0.600. The molecule has 2 rings (SSSR count). The molecular weight excluding hydrogens is 314 g/mol. The van der Waals surface area contributed by atoms with E-state index < -0.39 is 5.60 Å². The van der Waals surface area contributed by atoms with Gasteiger partial charge in [-0.2, -0.15) is 5.26 Å². The van der Waals surface area contributed by atoms with Gasteiger partial charge in [-0.25, -0.2) is 4.79 Å². The van der Waals surface area contributed by atoms with Crippen molar-refractivity contribution in [3.63, 3.8) is 0 Å². The summed E-state index contributed by atoms with van der Waals surface area (Å²) in [6.45, 7) is 7.74. The van der Waals surface area contributed by atoms with Crippen LogP contribution in [0.25, 0.3) is 0 Å². The Kier molecular flexibility index (Phi) is 6.44. The monoisotopic (exact) mass is 343 g/mol. The van der Waals surface area contributed by atoms with Crippen LogP contribution in [0.3, 0.4) is 0 Å². The van der Waals surface area contributed by atoms with E-state index in [1.54, 1.807) is 0 Å². The Hall–Kier alpha value is -2.06. The normalized spacial score (nSPS) is 21.9. The number of hydrogen-bond acceptors (Lipinski definition) is 4. The topological polar surface area (TPSA) is 74.2 Å². The number of alkyl carbamates (subject to hydrolysis) is 1. The minimum absolute atomic E-state index is 0.185. The first kappa shape index (κ1) is 19.3. The Labute approximate surface area is 150 Å². The van der Waals surface area contributed by atoms with E-state index in [1.165, 1.54) is 0 Å². The van der Waals surface area contributed by atoms with Crippen molar-refractivity contribution in [1.29, 1.82) is 5.26 Å². The van der Waals surface area contributed by atoms with Crippen molar-refractivity contribution in [3.8, 4) is 6.07 Å². The van der Waals surface area contributed by atoms with Crippen molar-refractivity contribution in [3.05, 3.63) is 35.4 Å². The standard InChI is InChI=1S/C20H29N3O2/c1-14(16-7-5-6-15(12-16)13-21)22-17-8-10-18(11-9-17)23-19(24)25-20(2,3)4/h5-7,12,14,17-18,22H,8-11H2,1-4H3,(H,23,24). The third-order valence-corrected chi connectivity index (χ3v) is 4.45. The summed E-state index contributed by atoms with van der Waals surface area (Å²) in [5.74, 6) is 0. The molecule has 1 aliphatic carbocycles. The molecule has 1 saturated carbocycles. The zero-order valence-electron chi connectivity index (χ0n) is 15.6. The van der Waals surface area contributed by atoms with E-state index in [4.69, 9.17) is 10.00 Å². The molecule has 5 heteroatoms. The van der Waals surface area contributed by atoms with Crippen LogP contribution in [0.1, 0.15) is 70.5 Å². The predicted molar refractivity (Wildman–Crippen MR) is 98.1 cm³/mol. The van der Waals surface area contributed by atoms with Gasteiger partial charge in [-0.1, -0.05) is 12.1 Å². The van der Waals surface area contributed by atoms with Gasteiger partial charge < -0.3 is 15.4 Å². The summed E-state index contributed by atoms with van der Waals surface area (Å²) < 4.78 is 5.32. The maximum absolute atomic E-state index is 11.9. The average Bonchev–Trinajstić information content (AvgIpc) is 2.55. The molecule has 1 fully saturated rings. The lowest BCUT2D eigenvalue weighted by atomic mass is 9.90. The van der Waals surface area contributed by atoms with E-state index >= 15 is 0 Å². The number of rotatable bonds is 4. The highest BCUT2D eigenvalue weighted by Gasteiger charge is 2.25. The molecule has 0 aromatic heterocycles. The molecule has 1 aliphatic rings. The summed E-state index contributed by atoms with van der Waals surface area (Å²) in [4.78, 5) is 11.9. The molecule has 136 valence electrons. The Bertz CT molecular complexity index is 623. The third-order valence-electron chi connectivity index (χ3n) is 4.45. The summed E-state index contributed by atoms with van der Waals surface area (Å²) in [6, 6.07) is 10.7. The second-order valence-corrected chi connectivity index (χ2v) is 7.82. The number of nitrogens with one attached hydrogen (secondary N) is 2. The molecule has 1 atom stereocenters. The van der Waals surface area contributed by atoms with Gasteiger partial charge in [0, 0.05) is 18.1 Å². The molecule has 0 saturated heterocycles. The zero-order valence-corrected chi connectivity index (χ0v) is 15.6. The Morgan fingerprint density at radius 3 is 2.48 bits per heavy atom. The summed E-state index contributed by atoms with van der Waals surface area (Å²) in [5.41, 5.74) is 1.36. The van der Waals surface area contributed by atoms with E-state index in [-0.39, 0.29) is 18.2 Å². The number of nitriles is 1. The third kappa shape index (κ3) is 6.39. The minimum Gasteiger partial charge on any atom is -0.444 e. The molecule has 0 heterocycles. The zero-order chi connectivity index (χ0) is 18.4. The lowest BCUT2D eigenvalue weighted by Crippen LogP contribution is -2.44. The van der Waals surface area contributed by atoms with Gasteiger partial charge in [0.1, 0.15) is 5.60 Å². The lowest BCUT2D eigenvalue weighted by Gasteiger charge is -2.32. The molecule has 1 amide bonds. The number of carbonyl (C=O) groups is 1. The SMILES string of the molecule is CC(NC1CCC(NC(=O)OC(C)(C)C)CC1)c1cccc(C#N)c1. The highest BCUT2D eigenvalue weighted by Crippen LogP contribution is 2.23. The molecule has 0 aliphatic heterocycles. The second kappa shape index (κ2) is 8.35. The largest absolute Gasteiger partial charge is 0.444 e. The lowest BCUT2D eigenvalue weighted by molar-refractivity contribution is 0.0489. The van der Waals surface area contributed by atoms with Crippen LogP contribution in [-0.2, 0) is 4.74 Å². The Balaban J connectivity index is 1.78. The number of benzene rings is 1. The maximum atomic E-state index is 11.9. The van der Waals surface area contributed by atoms with Crippen LogP contribution in [0.15, 0.2) is 24.3 Å². The fourth-order valence-electron chi connectivity index (χ4n) is 3.21. The van der Waals surface area contributed by atoms with Crippen LogP contribution in [0, 0.1) is 11.3 Å². The molecule has 2 N–H and O–H groups in total. The molecule has 1 unspecified atom stereocenters. The first-order chi connectivity index (χ1) is 11.8. The van der Waals surface area contributed by atoms with Gasteiger partial charge >= 0.3 is 6.09 Å². The second-order valence-electron chi connectivity index (χ2n) is 7.82. The van der Waals surface area contributed by atoms with Gasteiger partial charge in [-0.05, 0) is 71.1 Å². The number of nitrogens with zero attached hydrogens (tertiary/aromatic N) is 1. The van der Waals surface area contributed by atoms with Crippen molar-refractivity contribution >= 4 is 6.09 Å². The van der Waals surface area contributed by atoms with Gasteiger partial charge in [0.2, 0.25) is 0 Å². The molecule has 0 radical (unpaired) electrons. The molecule has 1 aromatic rings. The Morgan fingerprint density at radius 1 is 1.24 bits per heavy atom. The van der Waals surface area contributed by atoms with Crippen LogP contribution >= 0.6 is 0 Å². The number of amides is 1. The van der Waals surface area contributed by atoms with Crippen molar-refractivity contribution in [1.82, 2.24) is 10.6 Å². The Morgan fingerprint density at radius 2 is 1.88 bits per heavy atom. The van der Waals surface area contributed by atoms with E-state index in [0.29, 0.717) is 11.6 Å². The fourth-order valence-corrected chi connectivity index (χ4v) is 3.21. The summed E-state index contributed by atoms with van der Waals surface area (Å²) in [5, 5.41) is 15.6. The van der Waals surface area contributed by atoms with Crippen LogP contribution < -0.4 is 10.6 Å². The quantitative estimate of drug-likeness (QED) is 0.865. The van der Waals surface area contributed by atoms with Crippen LogP contribution in [0.5, 0.6) is 0 Å². The summed E-state index contributed by atoms with van der Waals surface area (Å²) >= 11 is 0. The molecular formula is C20H29N3O2. The first-order valence-corrected chi connectivity index (χ1v) is 9.02. The molecule has 1 aromatic carbocycles. The van der Waals surface area contributed by atoms with Crippen molar-refractivity contribution in [2.45, 2.75) is 77.1 Å². The minimum atomic E-state index is -0.462. The van der Waals surface area contributed by atoms with Crippen LogP contribution in [-0.4, -0.2) is 23.8 Å². The van der Waals surface area contributed by atoms with Crippen molar-refractivity contribution in [2.75, 3.05) is 0 Å². The average molecular weight is 343 g/mol. The summed E-state index contributed by atoms with van der Waals surface area (Å²) in [6.07, 6.45) is 3.60. The maximum Gasteiger partial charge on any atom is 0.407 e. The van der Waals surface area contributed by atoms with Crippen LogP contribution in [0.4, 0.5) is 4.79 Å².